The zero-order valence-electron chi connectivity index (χ0n) is 19.8. The number of amides is 2. The van der Waals surface area contributed by atoms with Crippen LogP contribution < -0.4 is 10.0 Å². The molecule has 1 saturated carbocycles. The Morgan fingerprint density at radius 3 is 2.29 bits per heavy atom. The van der Waals surface area contributed by atoms with Crippen molar-refractivity contribution in [3.8, 4) is 0 Å². The summed E-state index contributed by atoms with van der Waals surface area (Å²) in [6.45, 7) is 2.27. The molecule has 35 heavy (non-hydrogen) atoms. The van der Waals surface area contributed by atoms with Gasteiger partial charge in [-0.2, -0.15) is 0 Å². The number of carbonyl (C=O) groups excluding carboxylic acids is 2. The molecule has 0 atom stereocenters. The summed E-state index contributed by atoms with van der Waals surface area (Å²) in [6, 6.07) is 21.3. The molecule has 0 aliphatic heterocycles. The molecule has 0 bridgehead atoms. The molecule has 0 aromatic heterocycles. The highest BCUT2D eigenvalue weighted by atomic mass is 32.2. The number of sulfonamides is 1. The Hall–Kier alpha value is -3.49. The Balaban J connectivity index is 1.43. The van der Waals surface area contributed by atoms with E-state index in [1.807, 2.05) is 42.5 Å². The third kappa shape index (κ3) is 6.35. The lowest BCUT2D eigenvalue weighted by Gasteiger charge is -2.19. The first-order valence-corrected chi connectivity index (χ1v) is 13.0. The summed E-state index contributed by atoms with van der Waals surface area (Å²) in [5.41, 5.74) is 3.32. The van der Waals surface area contributed by atoms with E-state index in [0.717, 1.165) is 24.0 Å². The number of hydrogen-bond acceptors (Lipinski definition) is 4. The highest BCUT2D eigenvalue weighted by Gasteiger charge is 2.24. The first-order valence-electron chi connectivity index (χ1n) is 11.5. The topological polar surface area (TPSA) is 95.6 Å². The second kappa shape index (κ2) is 10.4. The first-order chi connectivity index (χ1) is 16.7. The van der Waals surface area contributed by atoms with Crippen molar-refractivity contribution in [1.82, 2.24) is 14.9 Å². The van der Waals surface area contributed by atoms with E-state index in [1.54, 1.807) is 32.2 Å². The Labute approximate surface area is 206 Å². The van der Waals surface area contributed by atoms with Gasteiger partial charge >= 0.3 is 0 Å². The van der Waals surface area contributed by atoms with Gasteiger partial charge in [0.05, 0.1) is 4.90 Å². The van der Waals surface area contributed by atoms with Crippen molar-refractivity contribution in [3.63, 3.8) is 0 Å². The predicted octanol–water partition coefficient (Wildman–Crippen LogP) is 3.64. The molecule has 8 heteroatoms. The second-order valence-electron chi connectivity index (χ2n) is 8.89. The van der Waals surface area contributed by atoms with Crippen LogP contribution in [0.2, 0.25) is 0 Å². The minimum atomic E-state index is -3.79. The summed E-state index contributed by atoms with van der Waals surface area (Å²) in [6.07, 6.45) is 2.06. The van der Waals surface area contributed by atoms with Gasteiger partial charge in [-0.1, -0.05) is 48.5 Å². The largest absolute Gasteiger partial charge is 0.349 e. The number of aryl methyl sites for hydroxylation is 1. The lowest BCUT2D eigenvalue weighted by atomic mass is 10.1. The van der Waals surface area contributed by atoms with Crippen LogP contribution >= 0.6 is 0 Å². The van der Waals surface area contributed by atoms with Crippen molar-refractivity contribution in [2.24, 2.45) is 0 Å². The first kappa shape index (κ1) is 24.6. The van der Waals surface area contributed by atoms with Gasteiger partial charge in [0.2, 0.25) is 10.0 Å². The van der Waals surface area contributed by atoms with Crippen molar-refractivity contribution >= 4 is 21.8 Å². The third-order valence-electron chi connectivity index (χ3n) is 5.95. The van der Waals surface area contributed by atoms with Gasteiger partial charge in [0, 0.05) is 37.3 Å². The fourth-order valence-corrected chi connectivity index (χ4v) is 4.71. The maximum absolute atomic E-state index is 13.2. The number of nitrogens with zero attached hydrogens (tertiary/aromatic N) is 1. The van der Waals surface area contributed by atoms with Crippen LogP contribution in [0, 0.1) is 6.92 Å². The van der Waals surface area contributed by atoms with Crippen molar-refractivity contribution in [2.75, 3.05) is 7.05 Å². The SMILES string of the molecule is Cc1ccc(S(=O)(=O)NCc2ccccc2)cc1C(=O)N(C)Cc1ccc(C(=O)NC2CC2)cc1. The predicted molar refractivity (Wildman–Crippen MR) is 134 cm³/mol. The summed E-state index contributed by atoms with van der Waals surface area (Å²) in [5, 5.41) is 2.95. The Morgan fingerprint density at radius 2 is 1.63 bits per heavy atom. The van der Waals surface area contributed by atoms with E-state index in [4.69, 9.17) is 0 Å². The molecule has 1 aliphatic carbocycles. The fraction of sp³-hybridized carbons (Fsp3) is 0.259. The van der Waals surface area contributed by atoms with Gasteiger partial charge in [0.1, 0.15) is 0 Å². The fourth-order valence-electron chi connectivity index (χ4n) is 3.67. The van der Waals surface area contributed by atoms with E-state index in [9.17, 15) is 18.0 Å². The molecule has 7 nitrogen and oxygen atoms in total. The van der Waals surface area contributed by atoms with Crippen LogP contribution in [-0.2, 0) is 23.1 Å². The molecule has 0 heterocycles. The Morgan fingerprint density at radius 1 is 0.943 bits per heavy atom. The average molecular weight is 492 g/mol. The quantitative estimate of drug-likeness (QED) is 0.478. The third-order valence-corrected chi connectivity index (χ3v) is 7.35. The highest BCUT2D eigenvalue weighted by Crippen LogP contribution is 2.20. The van der Waals surface area contributed by atoms with Crippen LogP contribution in [0.25, 0.3) is 0 Å². The maximum Gasteiger partial charge on any atom is 0.254 e. The Bertz CT molecular complexity index is 1320. The normalized spacial score (nSPS) is 13.3. The Kier molecular flexibility index (Phi) is 7.33. The number of nitrogens with one attached hydrogen (secondary N) is 2. The zero-order valence-corrected chi connectivity index (χ0v) is 20.6. The molecule has 2 amide bonds. The van der Waals surface area contributed by atoms with E-state index in [-0.39, 0.29) is 23.3 Å². The van der Waals surface area contributed by atoms with Gasteiger partial charge in [0.25, 0.3) is 11.8 Å². The zero-order chi connectivity index (χ0) is 25.0. The van der Waals surface area contributed by atoms with Gasteiger partial charge < -0.3 is 10.2 Å². The van der Waals surface area contributed by atoms with Crippen molar-refractivity contribution in [1.29, 1.82) is 0 Å². The van der Waals surface area contributed by atoms with Gasteiger partial charge in [-0.05, 0) is 60.7 Å². The van der Waals surface area contributed by atoms with Crippen molar-refractivity contribution in [2.45, 2.75) is 43.8 Å². The van der Waals surface area contributed by atoms with E-state index < -0.39 is 10.0 Å². The van der Waals surface area contributed by atoms with E-state index >= 15 is 0 Å². The van der Waals surface area contributed by atoms with Gasteiger partial charge in [-0.15, -0.1) is 0 Å². The summed E-state index contributed by atoms with van der Waals surface area (Å²) >= 11 is 0. The summed E-state index contributed by atoms with van der Waals surface area (Å²) in [7, 11) is -2.12. The highest BCUT2D eigenvalue weighted by molar-refractivity contribution is 7.89. The summed E-state index contributed by atoms with van der Waals surface area (Å²) < 4.78 is 28.3. The molecule has 0 saturated heterocycles. The second-order valence-corrected chi connectivity index (χ2v) is 10.7. The molecule has 3 aromatic carbocycles. The van der Waals surface area contributed by atoms with Crippen LogP contribution in [0.15, 0.2) is 77.7 Å². The number of benzene rings is 3. The van der Waals surface area contributed by atoms with Gasteiger partial charge in [0.15, 0.2) is 0 Å². The minimum Gasteiger partial charge on any atom is -0.349 e. The smallest absolute Gasteiger partial charge is 0.254 e. The van der Waals surface area contributed by atoms with Crippen LogP contribution in [-0.4, -0.2) is 38.2 Å². The molecule has 182 valence electrons. The van der Waals surface area contributed by atoms with Crippen LogP contribution in [0.1, 0.15) is 50.2 Å². The molecule has 0 radical (unpaired) electrons. The number of hydrogen-bond donors (Lipinski definition) is 2. The van der Waals surface area contributed by atoms with Gasteiger partial charge in [-0.25, -0.2) is 13.1 Å². The van der Waals surface area contributed by atoms with Crippen LogP contribution in [0.4, 0.5) is 0 Å². The molecular weight excluding hydrogens is 462 g/mol. The van der Waals surface area contributed by atoms with Gasteiger partial charge in [-0.3, -0.25) is 9.59 Å². The number of carbonyl (C=O) groups is 2. The molecule has 4 rings (SSSR count). The van der Waals surface area contributed by atoms with Crippen molar-refractivity contribution in [3.05, 3.63) is 101 Å². The molecule has 0 spiro atoms. The lowest BCUT2D eigenvalue weighted by Crippen LogP contribution is -2.28. The average Bonchev–Trinajstić information content (AvgIpc) is 3.67. The minimum absolute atomic E-state index is 0.0433. The van der Waals surface area contributed by atoms with Crippen LogP contribution in [0.3, 0.4) is 0 Å². The summed E-state index contributed by atoms with van der Waals surface area (Å²) in [4.78, 5) is 26.9. The molecule has 2 N–H and O–H groups in total. The van der Waals surface area contributed by atoms with Crippen molar-refractivity contribution < 1.29 is 18.0 Å². The standard InChI is InChI=1S/C27H29N3O4S/c1-19-8-15-24(35(33,34)28-17-20-6-4-3-5-7-20)16-25(19)27(32)30(2)18-21-9-11-22(12-10-21)26(31)29-23-13-14-23/h3-12,15-16,23,28H,13-14,17-18H2,1-2H3,(H,29,31). The maximum atomic E-state index is 13.2. The molecule has 1 fully saturated rings. The molecular formula is C27H29N3O4S. The van der Waals surface area contributed by atoms with E-state index in [2.05, 4.69) is 10.0 Å². The molecule has 0 unspecified atom stereocenters. The lowest BCUT2D eigenvalue weighted by molar-refractivity contribution is 0.0783. The van der Waals surface area contributed by atoms with E-state index in [1.165, 1.54) is 17.0 Å². The number of rotatable bonds is 9. The summed E-state index contributed by atoms with van der Waals surface area (Å²) in [5.74, 6) is -0.365. The molecule has 1 aliphatic rings. The monoisotopic (exact) mass is 491 g/mol. The van der Waals surface area contributed by atoms with E-state index in [0.29, 0.717) is 29.3 Å². The van der Waals surface area contributed by atoms with Crippen LogP contribution in [0.5, 0.6) is 0 Å². The molecule has 3 aromatic rings.